The van der Waals surface area contributed by atoms with Crippen molar-refractivity contribution in [2.45, 2.75) is 6.10 Å². The number of benzene rings is 1. The van der Waals surface area contributed by atoms with Crippen LogP contribution in [0.1, 0.15) is 22.0 Å². The van der Waals surface area contributed by atoms with Gasteiger partial charge in [0.2, 0.25) is 0 Å². The minimum absolute atomic E-state index is 0.170. The van der Waals surface area contributed by atoms with Gasteiger partial charge in [-0.05, 0) is 17.7 Å². The molecule has 2 heterocycles. The minimum atomic E-state index is -0.190. The van der Waals surface area contributed by atoms with Gasteiger partial charge in [0.25, 0.3) is 5.91 Å². The molecule has 24 heavy (non-hydrogen) atoms. The molecule has 0 saturated heterocycles. The van der Waals surface area contributed by atoms with Gasteiger partial charge >= 0.3 is 0 Å². The van der Waals surface area contributed by atoms with E-state index in [4.69, 9.17) is 4.74 Å². The third kappa shape index (κ3) is 3.67. The van der Waals surface area contributed by atoms with Crippen molar-refractivity contribution in [2.75, 3.05) is 13.7 Å². The first-order valence-electron chi connectivity index (χ1n) is 7.58. The fourth-order valence-electron chi connectivity index (χ4n) is 2.39. The van der Waals surface area contributed by atoms with Gasteiger partial charge in [-0.2, -0.15) is 0 Å². The molecule has 0 bridgehead atoms. The van der Waals surface area contributed by atoms with Gasteiger partial charge < -0.3 is 10.1 Å². The van der Waals surface area contributed by atoms with Crippen LogP contribution in [0.25, 0.3) is 5.82 Å². The number of aromatic nitrogens is 3. The van der Waals surface area contributed by atoms with E-state index < -0.39 is 0 Å². The molecule has 0 fully saturated rings. The van der Waals surface area contributed by atoms with Crippen LogP contribution in [0.4, 0.5) is 0 Å². The lowest BCUT2D eigenvalue weighted by Gasteiger charge is -2.16. The number of rotatable bonds is 6. The van der Waals surface area contributed by atoms with Crippen molar-refractivity contribution in [3.05, 3.63) is 78.5 Å². The second-order valence-corrected chi connectivity index (χ2v) is 5.22. The molecule has 2 aromatic heterocycles. The number of carbonyl (C=O) groups is 1. The van der Waals surface area contributed by atoms with Gasteiger partial charge in [-0.25, -0.2) is 9.97 Å². The van der Waals surface area contributed by atoms with Gasteiger partial charge in [-0.1, -0.05) is 30.3 Å². The summed E-state index contributed by atoms with van der Waals surface area (Å²) in [5.41, 5.74) is 1.56. The molecule has 6 nitrogen and oxygen atoms in total. The van der Waals surface area contributed by atoms with Crippen LogP contribution in [-0.2, 0) is 4.74 Å². The van der Waals surface area contributed by atoms with Crippen LogP contribution in [0.3, 0.4) is 0 Å². The van der Waals surface area contributed by atoms with E-state index in [0.717, 1.165) is 5.56 Å². The highest BCUT2D eigenvalue weighted by molar-refractivity contribution is 5.94. The first-order valence-corrected chi connectivity index (χ1v) is 7.58. The van der Waals surface area contributed by atoms with Crippen LogP contribution in [0, 0.1) is 0 Å². The predicted octanol–water partition coefficient (Wildman–Crippen LogP) is 2.38. The number of methoxy groups -OCH3 is 1. The maximum absolute atomic E-state index is 12.4. The van der Waals surface area contributed by atoms with Gasteiger partial charge in [0, 0.05) is 37.8 Å². The van der Waals surface area contributed by atoms with Crippen LogP contribution in [-0.4, -0.2) is 34.1 Å². The fourth-order valence-corrected chi connectivity index (χ4v) is 2.39. The molecule has 3 aromatic rings. The highest BCUT2D eigenvalue weighted by Crippen LogP contribution is 2.15. The van der Waals surface area contributed by atoms with Crippen molar-refractivity contribution >= 4 is 5.91 Å². The van der Waals surface area contributed by atoms with Gasteiger partial charge in [0.15, 0.2) is 0 Å². The molecule has 3 rings (SSSR count). The lowest BCUT2D eigenvalue weighted by molar-refractivity contribution is 0.0828. The third-order valence-electron chi connectivity index (χ3n) is 3.68. The summed E-state index contributed by atoms with van der Waals surface area (Å²) in [7, 11) is 1.63. The Labute approximate surface area is 140 Å². The van der Waals surface area contributed by atoms with Crippen molar-refractivity contribution in [1.82, 2.24) is 19.9 Å². The van der Waals surface area contributed by atoms with E-state index in [9.17, 15) is 4.79 Å². The Bertz CT molecular complexity index is 788. The average Bonchev–Trinajstić information content (AvgIpc) is 3.18. The molecule has 0 unspecified atom stereocenters. The Kier molecular flexibility index (Phi) is 4.98. The molecule has 6 heteroatoms. The van der Waals surface area contributed by atoms with Gasteiger partial charge in [0.1, 0.15) is 12.1 Å². The summed E-state index contributed by atoms with van der Waals surface area (Å²) in [6.07, 6.45) is 6.50. The molecule has 0 aliphatic heterocycles. The summed E-state index contributed by atoms with van der Waals surface area (Å²) < 4.78 is 7.21. The molecule has 1 N–H and O–H groups in total. The molecule has 1 amide bonds. The number of hydrogen-bond donors (Lipinski definition) is 1. The first-order chi connectivity index (χ1) is 11.8. The first kappa shape index (κ1) is 15.9. The monoisotopic (exact) mass is 322 g/mol. The smallest absolute Gasteiger partial charge is 0.251 e. The molecule has 122 valence electrons. The van der Waals surface area contributed by atoms with Crippen LogP contribution in [0.5, 0.6) is 0 Å². The van der Waals surface area contributed by atoms with Crippen LogP contribution >= 0.6 is 0 Å². The second-order valence-electron chi connectivity index (χ2n) is 5.22. The summed E-state index contributed by atoms with van der Waals surface area (Å²) in [5, 5.41) is 2.90. The number of hydrogen-bond acceptors (Lipinski definition) is 4. The predicted molar refractivity (Wildman–Crippen MR) is 89.9 cm³/mol. The highest BCUT2D eigenvalue weighted by atomic mass is 16.5. The Morgan fingerprint density at radius 3 is 2.79 bits per heavy atom. The number of pyridine rings is 1. The molecule has 0 radical (unpaired) electrons. The van der Waals surface area contributed by atoms with E-state index in [1.165, 1.54) is 0 Å². The van der Waals surface area contributed by atoms with Crippen molar-refractivity contribution in [3.8, 4) is 5.82 Å². The van der Waals surface area contributed by atoms with Crippen LogP contribution < -0.4 is 5.32 Å². The summed E-state index contributed by atoms with van der Waals surface area (Å²) in [4.78, 5) is 20.6. The third-order valence-corrected chi connectivity index (χ3v) is 3.68. The lowest BCUT2D eigenvalue weighted by Crippen LogP contribution is -2.29. The van der Waals surface area contributed by atoms with E-state index >= 15 is 0 Å². The SMILES string of the molecule is CO[C@H](CNC(=O)c1ccnc(-n2ccnc2)c1)c1ccccc1. The van der Waals surface area contributed by atoms with Crippen LogP contribution in [0.2, 0.25) is 0 Å². The maximum Gasteiger partial charge on any atom is 0.251 e. The van der Waals surface area contributed by atoms with Crippen LogP contribution in [0.15, 0.2) is 67.4 Å². The number of nitrogens with one attached hydrogen (secondary N) is 1. The average molecular weight is 322 g/mol. The summed E-state index contributed by atoms with van der Waals surface area (Å²) in [5.74, 6) is 0.475. The van der Waals surface area contributed by atoms with Crippen molar-refractivity contribution in [1.29, 1.82) is 0 Å². The Balaban J connectivity index is 1.68. The molecule has 0 aliphatic carbocycles. The number of imidazole rings is 1. The summed E-state index contributed by atoms with van der Waals surface area (Å²) in [6.45, 7) is 0.391. The van der Waals surface area contributed by atoms with Gasteiger partial charge in [0.05, 0.1) is 6.10 Å². The van der Waals surface area contributed by atoms with Crippen molar-refractivity contribution in [2.24, 2.45) is 0 Å². The Hall–Kier alpha value is -2.99. The largest absolute Gasteiger partial charge is 0.375 e. The fraction of sp³-hybridized carbons (Fsp3) is 0.167. The lowest BCUT2D eigenvalue weighted by atomic mass is 10.1. The summed E-state index contributed by atoms with van der Waals surface area (Å²) >= 11 is 0. The van der Waals surface area contributed by atoms with E-state index in [1.54, 1.807) is 48.7 Å². The zero-order valence-electron chi connectivity index (χ0n) is 13.3. The highest BCUT2D eigenvalue weighted by Gasteiger charge is 2.13. The Morgan fingerprint density at radius 2 is 2.08 bits per heavy atom. The molecule has 0 aliphatic rings. The topological polar surface area (TPSA) is 69.0 Å². The molecule has 1 aromatic carbocycles. The number of ether oxygens (including phenoxy) is 1. The van der Waals surface area contributed by atoms with Crippen molar-refractivity contribution in [3.63, 3.8) is 0 Å². The molecule has 1 atom stereocenters. The minimum Gasteiger partial charge on any atom is -0.375 e. The molecule has 0 saturated carbocycles. The van der Waals surface area contributed by atoms with Gasteiger partial charge in [-0.3, -0.25) is 9.36 Å². The molecule has 0 spiro atoms. The quantitative estimate of drug-likeness (QED) is 0.756. The molecular formula is C18H18N4O2. The zero-order valence-corrected chi connectivity index (χ0v) is 13.3. The summed E-state index contributed by atoms with van der Waals surface area (Å²) in [6, 6.07) is 13.2. The van der Waals surface area contributed by atoms with Crippen molar-refractivity contribution < 1.29 is 9.53 Å². The zero-order chi connectivity index (χ0) is 16.8. The maximum atomic E-state index is 12.4. The van der Waals surface area contributed by atoms with E-state index in [-0.39, 0.29) is 12.0 Å². The second kappa shape index (κ2) is 7.52. The molecular weight excluding hydrogens is 304 g/mol. The number of nitrogens with zero attached hydrogens (tertiary/aromatic N) is 3. The number of carbonyl (C=O) groups excluding carboxylic acids is 1. The van der Waals surface area contributed by atoms with Gasteiger partial charge in [-0.15, -0.1) is 0 Å². The van der Waals surface area contributed by atoms with E-state index in [0.29, 0.717) is 17.9 Å². The van der Waals surface area contributed by atoms with E-state index in [2.05, 4.69) is 15.3 Å². The number of amides is 1. The van der Waals surface area contributed by atoms with E-state index in [1.807, 2.05) is 30.3 Å². The standard InChI is InChI=1S/C18H18N4O2/c1-24-16(14-5-3-2-4-6-14)12-21-18(23)15-7-8-20-17(11-15)22-10-9-19-13-22/h2-11,13,16H,12H2,1H3,(H,21,23)/t16-/m1/s1. The Morgan fingerprint density at radius 1 is 1.25 bits per heavy atom. The normalized spacial score (nSPS) is 11.9.